The summed E-state index contributed by atoms with van der Waals surface area (Å²) in [5.74, 6) is 2.07. The van der Waals surface area contributed by atoms with Crippen LogP contribution in [0.4, 0.5) is 10.5 Å². The average Bonchev–Trinajstić information content (AvgIpc) is 2.82. The summed E-state index contributed by atoms with van der Waals surface area (Å²) >= 11 is 0. The molecule has 2 aromatic carbocycles. The van der Waals surface area contributed by atoms with E-state index in [4.69, 9.17) is 4.74 Å². The smallest absolute Gasteiger partial charge is 0.319 e. The van der Waals surface area contributed by atoms with Gasteiger partial charge in [-0.05, 0) is 74.7 Å². The molecule has 2 aromatic rings. The third-order valence-corrected chi connectivity index (χ3v) is 7.12. The van der Waals surface area contributed by atoms with Crippen LogP contribution in [0.3, 0.4) is 0 Å². The third kappa shape index (κ3) is 6.49. The molecule has 2 aliphatic rings. The van der Waals surface area contributed by atoms with Crippen molar-refractivity contribution in [2.24, 2.45) is 11.8 Å². The van der Waals surface area contributed by atoms with Gasteiger partial charge in [0.2, 0.25) is 0 Å². The summed E-state index contributed by atoms with van der Waals surface area (Å²) in [6.45, 7) is 3.45. The molecular formula is C27H37N3O2. The van der Waals surface area contributed by atoms with E-state index >= 15 is 0 Å². The second-order valence-corrected chi connectivity index (χ2v) is 9.42. The summed E-state index contributed by atoms with van der Waals surface area (Å²) in [4.78, 5) is 15.3. The van der Waals surface area contributed by atoms with Gasteiger partial charge in [-0.15, -0.1) is 0 Å². The van der Waals surface area contributed by atoms with Crippen LogP contribution in [0, 0.1) is 11.8 Å². The maximum Gasteiger partial charge on any atom is 0.319 e. The molecule has 172 valence electrons. The summed E-state index contributed by atoms with van der Waals surface area (Å²) < 4.78 is 5.25. The van der Waals surface area contributed by atoms with E-state index in [0.717, 1.165) is 30.3 Å². The Bertz CT molecular complexity index is 849. The molecule has 0 aromatic heterocycles. The number of nitrogens with one attached hydrogen (secondary N) is 2. The fourth-order valence-corrected chi connectivity index (χ4v) is 5.30. The van der Waals surface area contributed by atoms with Crippen molar-refractivity contribution < 1.29 is 9.53 Å². The predicted molar refractivity (Wildman–Crippen MR) is 130 cm³/mol. The number of hydrogen-bond acceptors (Lipinski definition) is 3. The number of ether oxygens (including phenoxy) is 1. The number of anilines is 1. The van der Waals surface area contributed by atoms with Gasteiger partial charge in [-0.1, -0.05) is 49.2 Å². The first-order chi connectivity index (χ1) is 15.7. The van der Waals surface area contributed by atoms with E-state index in [1.165, 1.54) is 57.2 Å². The van der Waals surface area contributed by atoms with Crippen molar-refractivity contribution in [3.63, 3.8) is 0 Å². The number of carbonyl (C=O) groups is 1. The van der Waals surface area contributed by atoms with Crippen molar-refractivity contribution in [2.45, 2.75) is 51.0 Å². The minimum atomic E-state index is -0.114. The van der Waals surface area contributed by atoms with E-state index in [1.54, 1.807) is 7.11 Å². The number of benzene rings is 2. The van der Waals surface area contributed by atoms with Crippen molar-refractivity contribution in [1.29, 1.82) is 0 Å². The summed E-state index contributed by atoms with van der Waals surface area (Å²) in [6.07, 6.45) is 8.48. The van der Waals surface area contributed by atoms with Gasteiger partial charge in [0.1, 0.15) is 5.75 Å². The van der Waals surface area contributed by atoms with Crippen molar-refractivity contribution in [1.82, 2.24) is 10.2 Å². The molecule has 0 bridgehead atoms. The first-order valence-corrected chi connectivity index (χ1v) is 12.2. The van der Waals surface area contributed by atoms with E-state index in [2.05, 4.69) is 45.9 Å². The SMILES string of the molecule is COc1cccc(NC(=O)NC2CCCC[C@H]2CN2CCC(Cc3ccccc3)CC2)c1. The summed E-state index contributed by atoms with van der Waals surface area (Å²) in [6, 6.07) is 18.5. The highest BCUT2D eigenvalue weighted by Crippen LogP contribution is 2.28. The molecule has 1 heterocycles. The lowest BCUT2D eigenvalue weighted by Gasteiger charge is -2.39. The Morgan fingerprint density at radius 2 is 1.78 bits per heavy atom. The number of rotatable bonds is 7. The quantitative estimate of drug-likeness (QED) is 0.618. The molecule has 0 radical (unpaired) electrons. The minimum Gasteiger partial charge on any atom is -0.497 e. The number of likely N-dealkylation sites (tertiary alicyclic amines) is 1. The first-order valence-electron chi connectivity index (χ1n) is 12.2. The van der Waals surface area contributed by atoms with E-state index in [1.807, 2.05) is 24.3 Å². The zero-order valence-electron chi connectivity index (χ0n) is 19.3. The van der Waals surface area contributed by atoms with Gasteiger partial charge < -0.3 is 20.3 Å². The van der Waals surface area contributed by atoms with Gasteiger partial charge in [0.25, 0.3) is 0 Å². The summed E-state index contributed by atoms with van der Waals surface area (Å²) in [5.41, 5.74) is 2.22. The molecule has 1 aliphatic carbocycles. The van der Waals surface area contributed by atoms with Crippen molar-refractivity contribution in [2.75, 3.05) is 32.1 Å². The predicted octanol–water partition coefficient (Wildman–Crippen LogP) is 5.33. The molecule has 1 saturated carbocycles. The summed E-state index contributed by atoms with van der Waals surface area (Å²) in [5, 5.41) is 6.24. The lowest BCUT2D eigenvalue weighted by molar-refractivity contribution is 0.130. The standard InChI is InChI=1S/C27H37N3O2/c1-32-25-12-7-11-24(19-25)28-27(31)29-26-13-6-5-10-23(26)20-30-16-14-22(15-17-30)18-21-8-3-2-4-9-21/h2-4,7-9,11-12,19,22-23,26H,5-6,10,13-18,20H2,1H3,(H2,28,29,31)/t23-,26?/m0/s1. The third-order valence-electron chi connectivity index (χ3n) is 7.12. The second kappa shape index (κ2) is 11.4. The van der Waals surface area contributed by atoms with Crippen LogP contribution in [0.2, 0.25) is 0 Å². The first kappa shape index (κ1) is 22.7. The van der Waals surface area contributed by atoms with E-state index < -0.39 is 0 Å². The van der Waals surface area contributed by atoms with Crippen LogP contribution < -0.4 is 15.4 Å². The van der Waals surface area contributed by atoms with Crippen molar-refractivity contribution in [3.8, 4) is 5.75 Å². The molecule has 2 amide bonds. The average molecular weight is 436 g/mol. The van der Waals surface area contributed by atoms with Crippen LogP contribution in [-0.4, -0.2) is 43.7 Å². The molecule has 32 heavy (non-hydrogen) atoms. The number of nitrogens with zero attached hydrogens (tertiary/aromatic N) is 1. The van der Waals surface area contributed by atoms with Crippen molar-refractivity contribution >= 4 is 11.7 Å². The largest absolute Gasteiger partial charge is 0.497 e. The van der Waals surface area contributed by atoms with Crippen LogP contribution in [-0.2, 0) is 6.42 Å². The molecule has 2 fully saturated rings. The number of amides is 2. The molecule has 2 atom stereocenters. The molecule has 1 aliphatic heterocycles. The van der Waals surface area contributed by atoms with Gasteiger partial charge in [0.05, 0.1) is 7.11 Å². The Balaban J connectivity index is 1.25. The molecule has 0 spiro atoms. The second-order valence-electron chi connectivity index (χ2n) is 9.42. The van der Waals surface area contributed by atoms with Crippen LogP contribution in [0.5, 0.6) is 5.75 Å². The highest BCUT2D eigenvalue weighted by atomic mass is 16.5. The normalized spacial score (nSPS) is 22.3. The Labute approximate surface area is 192 Å². The number of hydrogen-bond donors (Lipinski definition) is 2. The van der Waals surface area contributed by atoms with Crippen LogP contribution in [0.25, 0.3) is 0 Å². The molecular weight excluding hydrogens is 398 g/mol. The fourth-order valence-electron chi connectivity index (χ4n) is 5.30. The molecule has 1 unspecified atom stereocenters. The molecule has 2 N–H and O–H groups in total. The van der Waals surface area contributed by atoms with E-state index in [9.17, 15) is 4.79 Å². The van der Waals surface area contributed by atoms with Gasteiger partial charge >= 0.3 is 6.03 Å². The van der Waals surface area contributed by atoms with Crippen molar-refractivity contribution in [3.05, 3.63) is 60.2 Å². The Morgan fingerprint density at radius 1 is 1.00 bits per heavy atom. The number of carbonyl (C=O) groups excluding carboxylic acids is 1. The maximum atomic E-state index is 12.7. The lowest BCUT2D eigenvalue weighted by atomic mass is 9.83. The van der Waals surface area contributed by atoms with Crippen LogP contribution >= 0.6 is 0 Å². The Morgan fingerprint density at radius 3 is 2.56 bits per heavy atom. The Hall–Kier alpha value is -2.53. The van der Waals surface area contributed by atoms with Gasteiger partial charge in [-0.3, -0.25) is 0 Å². The van der Waals surface area contributed by atoms with E-state index in [0.29, 0.717) is 5.92 Å². The van der Waals surface area contributed by atoms with Gasteiger partial charge in [0.15, 0.2) is 0 Å². The monoisotopic (exact) mass is 435 g/mol. The number of methoxy groups -OCH3 is 1. The number of piperidine rings is 1. The molecule has 4 rings (SSSR count). The van der Waals surface area contributed by atoms with Gasteiger partial charge in [0, 0.05) is 24.3 Å². The van der Waals surface area contributed by atoms with Gasteiger partial charge in [-0.2, -0.15) is 0 Å². The minimum absolute atomic E-state index is 0.114. The lowest BCUT2D eigenvalue weighted by Crippen LogP contribution is -2.48. The highest BCUT2D eigenvalue weighted by molar-refractivity contribution is 5.89. The zero-order valence-corrected chi connectivity index (χ0v) is 19.3. The van der Waals surface area contributed by atoms with Crippen LogP contribution in [0.1, 0.15) is 44.1 Å². The Kier molecular flexibility index (Phi) is 8.05. The zero-order chi connectivity index (χ0) is 22.2. The van der Waals surface area contributed by atoms with Gasteiger partial charge in [-0.25, -0.2) is 4.79 Å². The summed E-state index contributed by atoms with van der Waals surface area (Å²) in [7, 11) is 1.64. The number of urea groups is 1. The molecule has 5 nitrogen and oxygen atoms in total. The maximum absolute atomic E-state index is 12.7. The van der Waals surface area contributed by atoms with E-state index in [-0.39, 0.29) is 12.1 Å². The fraction of sp³-hybridized carbons (Fsp3) is 0.519. The molecule has 5 heteroatoms. The molecule has 1 saturated heterocycles. The van der Waals surface area contributed by atoms with Crippen LogP contribution in [0.15, 0.2) is 54.6 Å². The topological polar surface area (TPSA) is 53.6 Å². The highest BCUT2D eigenvalue weighted by Gasteiger charge is 2.29.